The maximum absolute atomic E-state index is 6.45. The van der Waals surface area contributed by atoms with Crippen molar-refractivity contribution in [1.29, 1.82) is 0 Å². The first kappa shape index (κ1) is 19.0. The highest BCUT2D eigenvalue weighted by atomic mass is 14.6. The minimum absolute atomic E-state index is 0.493. The SMILES string of the molecule is CCCCCCCCCCC(N)C1CCC(CCC)CC1. The molecule has 2 N–H and O–H groups in total. The molecule has 0 aromatic heterocycles. The molecule has 1 nitrogen and oxygen atoms in total. The summed E-state index contributed by atoms with van der Waals surface area (Å²) in [5.74, 6) is 1.85. The third-order valence-electron chi connectivity index (χ3n) is 5.58. The van der Waals surface area contributed by atoms with E-state index in [9.17, 15) is 0 Å². The summed E-state index contributed by atoms with van der Waals surface area (Å²) < 4.78 is 0. The summed E-state index contributed by atoms with van der Waals surface area (Å²) in [6, 6.07) is 0.493. The Labute approximate surface area is 134 Å². The van der Waals surface area contributed by atoms with Crippen molar-refractivity contribution in [2.24, 2.45) is 17.6 Å². The van der Waals surface area contributed by atoms with Crippen LogP contribution >= 0.6 is 0 Å². The molecule has 1 fully saturated rings. The molecular formula is C20H41N. The molecule has 0 radical (unpaired) electrons. The lowest BCUT2D eigenvalue weighted by Gasteiger charge is -2.32. The molecular weight excluding hydrogens is 254 g/mol. The van der Waals surface area contributed by atoms with E-state index in [0.29, 0.717) is 6.04 Å². The van der Waals surface area contributed by atoms with Gasteiger partial charge in [0, 0.05) is 6.04 Å². The zero-order valence-corrected chi connectivity index (χ0v) is 14.9. The molecule has 1 heteroatoms. The Morgan fingerprint density at radius 3 is 1.90 bits per heavy atom. The van der Waals surface area contributed by atoms with Crippen LogP contribution in [0.5, 0.6) is 0 Å². The van der Waals surface area contributed by atoms with Crippen LogP contribution in [0.25, 0.3) is 0 Å². The van der Waals surface area contributed by atoms with Crippen LogP contribution in [-0.2, 0) is 0 Å². The maximum Gasteiger partial charge on any atom is 0.00671 e. The van der Waals surface area contributed by atoms with Gasteiger partial charge < -0.3 is 5.73 Å². The summed E-state index contributed by atoms with van der Waals surface area (Å²) in [5, 5.41) is 0. The molecule has 0 aromatic carbocycles. The van der Waals surface area contributed by atoms with Gasteiger partial charge in [-0.1, -0.05) is 90.9 Å². The molecule has 126 valence electrons. The minimum atomic E-state index is 0.493. The number of nitrogens with two attached hydrogens (primary N) is 1. The summed E-state index contributed by atoms with van der Waals surface area (Å²) in [6.07, 6.45) is 21.1. The minimum Gasteiger partial charge on any atom is -0.327 e. The third kappa shape index (κ3) is 8.86. The van der Waals surface area contributed by atoms with E-state index in [1.807, 2.05) is 0 Å². The number of unbranched alkanes of at least 4 members (excludes halogenated alkanes) is 7. The molecule has 1 atom stereocenters. The normalized spacial score (nSPS) is 24.1. The van der Waals surface area contributed by atoms with Crippen LogP contribution in [0, 0.1) is 11.8 Å². The molecule has 1 rings (SSSR count). The predicted molar refractivity (Wildman–Crippen MR) is 95.6 cm³/mol. The average Bonchev–Trinajstić information content (AvgIpc) is 2.51. The van der Waals surface area contributed by atoms with Crippen LogP contribution in [0.1, 0.15) is 110 Å². The van der Waals surface area contributed by atoms with Gasteiger partial charge in [-0.05, 0) is 31.1 Å². The quantitative estimate of drug-likeness (QED) is 0.411. The molecule has 21 heavy (non-hydrogen) atoms. The van der Waals surface area contributed by atoms with Crippen LogP contribution in [0.15, 0.2) is 0 Å². The lowest BCUT2D eigenvalue weighted by atomic mass is 9.76. The zero-order chi connectivity index (χ0) is 15.3. The molecule has 1 aliphatic rings. The van der Waals surface area contributed by atoms with Gasteiger partial charge >= 0.3 is 0 Å². The van der Waals surface area contributed by atoms with Gasteiger partial charge in [0.05, 0.1) is 0 Å². The van der Waals surface area contributed by atoms with Gasteiger partial charge in [-0.25, -0.2) is 0 Å². The first-order chi connectivity index (χ1) is 10.3. The Morgan fingerprint density at radius 2 is 1.33 bits per heavy atom. The first-order valence-electron chi connectivity index (χ1n) is 10.0. The monoisotopic (exact) mass is 295 g/mol. The molecule has 0 amide bonds. The predicted octanol–water partition coefficient (Wildman–Crippen LogP) is 6.45. The van der Waals surface area contributed by atoms with Crippen molar-refractivity contribution in [3.8, 4) is 0 Å². The highest BCUT2D eigenvalue weighted by molar-refractivity contribution is 4.79. The molecule has 0 heterocycles. The summed E-state index contributed by atoms with van der Waals surface area (Å²) >= 11 is 0. The highest BCUT2D eigenvalue weighted by Gasteiger charge is 2.24. The number of hydrogen-bond donors (Lipinski definition) is 1. The van der Waals surface area contributed by atoms with Gasteiger partial charge in [-0.15, -0.1) is 0 Å². The topological polar surface area (TPSA) is 26.0 Å². The van der Waals surface area contributed by atoms with E-state index in [2.05, 4.69) is 13.8 Å². The largest absolute Gasteiger partial charge is 0.327 e. The zero-order valence-electron chi connectivity index (χ0n) is 14.9. The van der Waals surface area contributed by atoms with E-state index in [0.717, 1.165) is 11.8 Å². The van der Waals surface area contributed by atoms with Gasteiger partial charge in [0.1, 0.15) is 0 Å². The van der Waals surface area contributed by atoms with Crippen molar-refractivity contribution in [1.82, 2.24) is 0 Å². The summed E-state index contributed by atoms with van der Waals surface area (Å²) in [5.41, 5.74) is 6.45. The molecule has 1 saturated carbocycles. The van der Waals surface area contributed by atoms with Crippen LogP contribution in [0.3, 0.4) is 0 Å². The lowest BCUT2D eigenvalue weighted by molar-refractivity contribution is 0.226. The van der Waals surface area contributed by atoms with E-state index in [1.165, 1.54) is 96.3 Å². The van der Waals surface area contributed by atoms with Gasteiger partial charge in [0.2, 0.25) is 0 Å². The molecule has 0 spiro atoms. The van der Waals surface area contributed by atoms with Crippen molar-refractivity contribution < 1.29 is 0 Å². The van der Waals surface area contributed by atoms with E-state index in [-0.39, 0.29) is 0 Å². The Hall–Kier alpha value is -0.0400. The van der Waals surface area contributed by atoms with Crippen molar-refractivity contribution in [3.05, 3.63) is 0 Å². The van der Waals surface area contributed by atoms with Crippen molar-refractivity contribution in [3.63, 3.8) is 0 Å². The summed E-state index contributed by atoms with van der Waals surface area (Å²) in [4.78, 5) is 0. The second kappa shape index (κ2) is 12.5. The molecule has 0 saturated heterocycles. The Balaban J connectivity index is 1.95. The van der Waals surface area contributed by atoms with Gasteiger partial charge in [-0.3, -0.25) is 0 Å². The lowest BCUT2D eigenvalue weighted by Crippen LogP contribution is -2.33. The Morgan fingerprint density at radius 1 is 0.762 bits per heavy atom. The molecule has 0 bridgehead atoms. The number of hydrogen-bond acceptors (Lipinski definition) is 1. The third-order valence-corrected chi connectivity index (χ3v) is 5.58. The maximum atomic E-state index is 6.45. The summed E-state index contributed by atoms with van der Waals surface area (Å²) in [7, 11) is 0. The van der Waals surface area contributed by atoms with Crippen LogP contribution < -0.4 is 5.73 Å². The fourth-order valence-corrected chi connectivity index (χ4v) is 4.06. The van der Waals surface area contributed by atoms with Gasteiger partial charge in [-0.2, -0.15) is 0 Å². The van der Waals surface area contributed by atoms with Gasteiger partial charge in [0.15, 0.2) is 0 Å². The van der Waals surface area contributed by atoms with Crippen LogP contribution in [0.4, 0.5) is 0 Å². The standard InChI is InChI=1S/C20H41N/c1-3-5-6-7-8-9-10-11-13-20(21)19-16-14-18(12-4-2)15-17-19/h18-20H,3-17,21H2,1-2H3. The van der Waals surface area contributed by atoms with Crippen molar-refractivity contribution >= 4 is 0 Å². The van der Waals surface area contributed by atoms with Crippen LogP contribution in [-0.4, -0.2) is 6.04 Å². The summed E-state index contributed by atoms with van der Waals surface area (Å²) in [6.45, 7) is 4.61. The van der Waals surface area contributed by atoms with E-state index in [1.54, 1.807) is 0 Å². The molecule has 0 aromatic rings. The highest BCUT2D eigenvalue weighted by Crippen LogP contribution is 2.33. The fourth-order valence-electron chi connectivity index (χ4n) is 4.06. The second-order valence-electron chi connectivity index (χ2n) is 7.50. The second-order valence-corrected chi connectivity index (χ2v) is 7.50. The molecule has 0 aliphatic heterocycles. The number of rotatable bonds is 12. The Kier molecular flexibility index (Phi) is 11.3. The Bertz CT molecular complexity index is 218. The average molecular weight is 296 g/mol. The van der Waals surface area contributed by atoms with Crippen molar-refractivity contribution in [2.75, 3.05) is 0 Å². The smallest absolute Gasteiger partial charge is 0.00671 e. The fraction of sp³-hybridized carbons (Fsp3) is 1.00. The van der Waals surface area contributed by atoms with E-state index in [4.69, 9.17) is 5.73 Å². The van der Waals surface area contributed by atoms with Crippen LogP contribution in [0.2, 0.25) is 0 Å². The van der Waals surface area contributed by atoms with E-state index < -0.39 is 0 Å². The van der Waals surface area contributed by atoms with E-state index >= 15 is 0 Å². The van der Waals surface area contributed by atoms with Gasteiger partial charge in [0.25, 0.3) is 0 Å². The van der Waals surface area contributed by atoms with Crippen molar-refractivity contribution in [2.45, 2.75) is 116 Å². The molecule has 1 unspecified atom stereocenters. The molecule has 1 aliphatic carbocycles. The first-order valence-corrected chi connectivity index (χ1v) is 10.0.